The van der Waals surface area contributed by atoms with E-state index in [4.69, 9.17) is 4.74 Å². The number of nitrogens with zero attached hydrogens (tertiary/aromatic N) is 7. The number of piperazine rings is 1. The highest BCUT2D eigenvalue weighted by Gasteiger charge is 2.34. The molecule has 43 heavy (non-hydrogen) atoms. The Bertz CT molecular complexity index is 1920. The van der Waals surface area contributed by atoms with Crippen molar-refractivity contribution in [3.05, 3.63) is 77.8 Å². The number of rotatable bonds is 6. The summed E-state index contributed by atoms with van der Waals surface area (Å²) in [5, 5.41) is 17.8. The molecule has 216 valence electrons. The lowest BCUT2D eigenvalue weighted by atomic mass is 9.95. The van der Waals surface area contributed by atoms with Crippen LogP contribution in [0.2, 0.25) is 0 Å². The fourth-order valence-corrected chi connectivity index (χ4v) is 5.52. The molecule has 1 amide bonds. The number of aromatic amines is 1. The quantitative estimate of drug-likeness (QED) is 0.280. The van der Waals surface area contributed by atoms with Crippen LogP contribution in [-0.4, -0.2) is 68.7 Å². The molecular weight excluding hydrogens is 554 g/mol. The number of benzene rings is 2. The van der Waals surface area contributed by atoms with E-state index in [0.717, 1.165) is 22.5 Å². The van der Waals surface area contributed by atoms with Gasteiger partial charge in [0.25, 0.3) is 5.91 Å². The summed E-state index contributed by atoms with van der Waals surface area (Å²) in [6, 6.07) is 13.6. The smallest absolute Gasteiger partial charge is 0.318 e. The van der Waals surface area contributed by atoms with E-state index in [1.165, 1.54) is 18.2 Å². The van der Waals surface area contributed by atoms with Gasteiger partial charge in [-0.25, -0.2) is 8.78 Å². The average Bonchev–Trinajstić information content (AvgIpc) is 3.50. The number of ether oxygens (including phenoxy) is 1. The van der Waals surface area contributed by atoms with Crippen LogP contribution < -0.4 is 9.64 Å². The molecule has 0 spiro atoms. The van der Waals surface area contributed by atoms with Crippen molar-refractivity contribution in [3.8, 4) is 23.2 Å². The highest BCUT2D eigenvalue weighted by molar-refractivity contribution is 6.00. The third kappa shape index (κ3) is 5.10. The van der Waals surface area contributed by atoms with E-state index in [-0.39, 0.29) is 37.6 Å². The molecule has 0 bridgehead atoms. The number of hydrogen-bond donors (Lipinski definition) is 1. The highest BCUT2D eigenvalue weighted by Crippen LogP contribution is 2.38. The van der Waals surface area contributed by atoms with E-state index in [2.05, 4.69) is 31.2 Å². The lowest BCUT2D eigenvalue weighted by Gasteiger charge is -2.41. The van der Waals surface area contributed by atoms with Crippen LogP contribution in [0.15, 0.2) is 60.7 Å². The zero-order chi connectivity index (χ0) is 30.1. The number of nitriles is 1. The van der Waals surface area contributed by atoms with Crippen molar-refractivity contribution in [2.45, 2.75) is 19.4 Å². The normalized spacial score (nSPS) is 15.6. The van der Waals surface area contributed by atoms with Crippen LogP contribution >= 0.6 is 0 Å². The van der Waals surface area contributed by atoms with Crippen molar-refractivity contribution < 1.29 is 18.3 Å². The van der Waals surface area contributed by atoms with E-state index in [0.29, 0.717) is 28.0 Å². The van der Waals surface area contributed by atoms with Gasteiger partial charge in [0.05, 0.1) is 43.0 Å². The van der Waals surface area contributed by atoms with Gasteiger partial charge in [0, 0.05) is 48.2 Å². The minimum Gasteiger partial charge on any atom is -0.467 e. The summed E-state index contributed by atoms with van der Waals surface area (Å²) in [6.45, 7) is 2.45. The van der Waals surface area contributed by atoms with Gasteiger partial charge < -0.3 is 14.5 Å². The van der Waals surface area contributed by atoms with E-state index in [1.54, 1.807) is 36.5 Å². The molecule has 6 rings (SSSR count). The first-order chi connectivity index (χ1) is 20.9. The van der Waals surface area contributed by atoms with Crippen LogP contribution in [0.1, 0.15) is 17.7 Å². The molecule has 1 aliphatic rings. The Kier molecular flexibility index (Phi) is 7.38. The second-order valence-electron chi connectivity index (χ2n) is 10.2. The van der Waals surface area contributed by atoms with Gasteiger partial charge >= 0.3 is 6.01 Å². The molecule has 1 N–H and O–H groups in total. The molecule has 5 aromatic rings. The maximum absolute atomic E-state index is 16.3. The number of methoxy groups -OCH3 is 1. The number of hydrogen-bond acceptors (Lipinski definition) is 8. The van der Waals surface area contributed by atoms with Crippen LogP contribution in [0.4, 0.5) is 14.6 Å². The number of pyridine rings is 1. The number of aryl methyl sites for hydroxylation is 1. The number of nitrogens with one attached hydrogen (secondary N) is 1. The molecule has 1 atom stereocenters. The zero-order valence-corrected chi connectivity index (χ0v) is 23.4. The first-order valence-corrected chi connectivity index (χ1v) is 13.6. The second-order valence-corrected chi connectivity index (χ2v) is 10.2. The van der Waals surface area contributed by atoms with Crippen molar-refractivity contribution in [1.29, 1.82) is 5.26 Å². The number of carbonyl (C=O) groups is 1. The molecule has 1 fully saturated rings. The number of anilines is 1. The van der Waals surface area contributed by atoms with Crippen molar-refractivity contribution >= 4 is 39.6 Å². The Morgan fingerprint density at radius 1 is 1.19 bits per heavy atom. The van der Waals surface area contributed by atoms with Crippen molar-refractivity contribution in [2.75, 3.05) is 31.6 Å². The second kappa shape index (κ2) is 11.4. The fourth-order valence-electron chi connectivity index (χ4n) is 5.52. The van der Waals surface area contributed by atoms with Crippen molar-refractivity contribution in [2.24, 2.45) is 0 Å². The minimum atomic E-state index is -0.971. The first-order valence-electron chi connectivity index (χ1n) is 13.6. The van der Waals surface area contributed by atoms with E-state index >= 15 is 4.39 Å². The molecule has 1 aliphatic heterocycles. The number of H-pyrrole nitrogens is 1. The largest absolute Gasteiger partial charge is 0.467 e. The summed E-state index contributed by atoms with van der Waals surface area (Å²) >= 11 is 0. The predicted molar refractivity (Wildman–Crippen MR) is 157 cm³/mol. The fraction of sp³-hybridized carbons (Fsp3) is 0.226. The van der Waals surface area contributed by atoms with E-state index in [9.17, 15) is 14.4 Å². The van der Waals surface area contributed by atoms with Crippen molar-refractivity contribution in [3.63, 3.8) is 0 Å². The minimum absolute atomic E-state index is 0.0310. The molecule has 1 saturated heterocycles. The molecule has 1 unspecified atom stereocenters. The molecule has 0 saturated carbocycles. The Balaban J connectivity index is 1.37. The van der Waals surface area contributed by atoms with Gasteiger partial charge in [-0.15, -0.1) is 0 Å². The number of fused-ring (bicyclic) bond motifs is 2. The summed E-state index contributed by atoms with van der Waals surface area (Å²) < 4.78 is 36.7. The molecular formula is C31H26F2N8O2. The maximum atomic E-state index is 16.3. The lowest BCUT2D eigenvalue weighted by molar-refractivity contribution is -0.131. The number of halogens is 2. The molecule has 12 heteroatoms. The molecule has 0 aliphatic carbocycles. The van der Waals surface area contributed by atoms with Gasteiger partial charge in [-0.3, -0.25) is 14.9 Å². The summed E-state index contributed by atoms with van der Waals surface area (Å²) in [6.07, 6.45) is 4.21. The summed E-state index contributed by atoms with van der Waals surface area (Å²) in [5.41, 5.74) is 3.09. The van der Waals surface area contributed by atoms with Crippen LogP contribution in [0.5, 0.6) is 6.01 Å². The van der Waals surface area contributed by atoms with Crippen LogP contribution in [0.3, 0.4) is 0 Å². The van der Waals surface area contributed by atoms with Gasteiger partial charge in [0.15, 0.2) is 11.6 Å². The van der Waals surface area contributed by atoms with Gasteiger partial charge in [-0.05, 0) is 42.3 Å². The van der Waals surface area contributed by atoms with E-state index < -0.39 is 23.6 Å². The van der Waals surface area contributed by atoms with Gasteiger partial charge in [-0.2, -0.15) is 20.3 Å². The molecule has 0 radical (unpaired) electrons. The predicted octanol–water partition coefficient (Wildman–Crippen LogP) is 4.97. The van der Waals surface area contributed by atoms with Gasteiger partial charge in [0.1, 0.15) is 11.3 Å². The zero-order valence-electron chi connectivity index (χ0n) is 23.4. The number of aromatic nitrogens is 5. The average molecular weight is 581 g/mol. The van der Waals surface area contributed by atoms with Crippen LogP contribution in [0, 0.1) is 24.1 Å². The molecule has 10 nitrogen and oxygen atoms in total. The van der Waals surface area contributed by atoms with Gasteiger partial charge in [-0.1, -0.05) is 18.2 Å². The highest BCUT2D eigenvalue weighted by atomic mass is 19.1. The third-order valence-corrected chi connectivity index (χ3v) is 7.59. The maximum Gasteiger partial charge on any atom is 0.318 e. The Morgan fingerprint density at radius 3 is 2.81 bits per heavy atom. The first kappa shape index (κ1) is 27.7. The Morgan fingerprint density at radius 2 is 2.05 bits per heavy atom. The topological polar surface area (TPSA) is 124 Å². The Labute approximate surface area is 245 Å². The SMILES string of the molecule is COc1nc(N2CCN(C(=O)/C(F)=C/c3ccccn3)C(CC#N)C2)c2ccc(-c3c(C)ccc4[nH]ncc34)c(F)c2n1. The molecule has 3 aromatic heterocycles. The van der Waals surface area contributed by atoms with E-state index in [1.807, 2.05) is 24.0 Å². The summed E-state index contributed by atoms with van der Waals surface area (Å²) in [4.78, 5) is 29.2. The summed E-state index contributed by atoms with van der Waals surface area (Å²) in [5.74, 6) is -1.94. The molecule has 4 heterocycles. The molecule has 2 aromatic carbocycles. The van der Waals surface area contributed by atoms with Crippen LogP contribution in [-0.2, 0) is 4.79 Å². The standard InChI is InChI=1S/C31H26F2N8O2/c1-18-6-9-25-23(16-36-39-25)26(18)21-7-8-22-28(27(21)33)37-31(43-2)38-29(22)40-13-14-41(20(17-40)10-11-34)30(42)24(32)15-19-5-3-4-12-35-19/h3-9,12,15-16,20H,10,13-14,17H2,1-2H3,(H,36,39)/b24-15-. The lowest BCUT2D eigenvalue weighted by Crippen LogP contribution is -2.55. The third-order valence-electron chi connectivity index (χ3n) is 7.59. The van der Waals surface area contributed by atoms with Crippen molar-refractivity contribution in [1.82, 2.24) is 30.0 Å². The monoisotopic (exact) mass is 580 g/mol. The van der Waals surface area contributed by atoms with Crippen LogP contribution in [0.25, 0.3) is 39.0 Å². The van der Waals surface area contributed by atoms with Gasteiger partial charge in [0.2, 0.25) is 0 Å². The Hall–Kier alpha value is -5.44. The number of amides is 1. The summed E-state index contributed by atoms with van der Waals surface area (Å²) in [7, 11) is 1.40. The number of carbonyl (C=O) groups excluding carboxylic acids is 1.